The normalized spacial score (nSPS) is 15.3. The summed E-state index contributed by atoms with van der Waals surface area (Å²) in [5.74, 6) is -1.35. The Labute approximate surface area is 210 Å². The molecule has 11 heteroatoms. The molecule has 1 fully saturated rings. The van der Waals surface area contributed by atoms with Crippen LogP contribution in [-0.2, 0) is 18.3 Å². The molecular weight excluding hydrogens is 480 g/mol. The number of benzene rings is 1. The van der Waals surface area contributed by atoms with Crippen molar-refractivity contribution in [1.29, 1.82) is 0 Å². The first kappa shape index (κ1) is 23.6. The van der Waals surface area contributed by atoms with Crippen molar-refractivity contribution in [2.75, 3.05) is 25.5 Å². The molecule has 0 spiro atoms. The summed E-state index contributed by atoms with van der Waals surface area (Å²) in [6.07, 6.45) is 3.31. The molecule has 0 aliphatic carbocycles. The number of aryl methyl sites for hydroxylation is 1. The molecule has 1 saturated heterocycles. The van der Waals surface area contributed by atoms with Crippen molar-refractivity contribution < 1.29 is 19.1 Å². The zero-order chi connectivity index (χ0) is 25.2. The fourth-order valence-electron chi connectivity index (χ4n) is 4.49. The lowest BCUT2D eigenvalue weighted by Crippen LogP contribution is -2.30. The van der Waals surface area contributed by atoms with Crippen LogP contribution >= 0.6 is 11.3 Å². The van der Waals surface area contributed by atoms with Gasteiger partial charge < -0.3 is 9.64 Å². The SMILES string of the molecule is COc1cc2nn(C)c(C(=O)C(=O)Nc3nccs3)c2nc1C(=O)N1CCC(Cc2ccccc2)C1. The molecule has 3 aromatic heterocycles. The molecule has 36 heavy (non-hydrogen) atoms. The smallest absolute Gasteiger partial charge is 0.300 e. The van der Waals surface area contributed by atoms with Gasteiger partial charge in [-0.15, -0.1) is 11.3 Å². The van der Waals surface area contributed by atoms with E-state index in [1.807, 2.05) is 18.2 Å². The minimum Gasteiger partial charge on any atom is -0.494 e. The van der Waals surface area contributed by atoms with Crippen LogP contribution in [0.4, 0.5) is 5.13 Å². The lowest BCUT2D eigenvalue weighted by Gasteiger charge is -2.17. The Morgan fingerprint density at radius 2 is 2.03 bits per heavy atom. The number of likely N-dealkylation sites (tertiary alicyclic amines) is 1. The van der Waals surface area contributed by atoms with Crippen molar-refractivity contribution in [3.8, 4) is 5.75 Å². The van der Waals surface area contributed by atoms with Crippen molar-refractivity contribution in [3.05, 3.63) is 64.9 Å². The Morgan fingerprint density at radius 1 is 1.22 bits per heavy atom. The highest BCUT2D eigenvalue weighted by atomic mass is 32.1. The van der Waals surface area contributed by atoms with E-state index in [0.717, 1.165) is 12.8 Å². The molecule has 4 aromatic rings. The zero-order valence-corrected chi connectivity index (χ0v) is 20.6. The first-order valence-electron chi connectivity index (χ1n) is 11.4. The molecule has 5 rings (SSSR count). The molecular formula is C25H24N6O4S. The number of fused-ring (bicyclic) bond motifs is 1. The van der Waals surface area contributed by atoms with Gasteiger partial charge in [-0.1, -0.05) is 30.3 Å². The van der Waals surface area contributed by atoms with Gasteiger partial charge >= 0.3 is 0 Å². The van der Waals surface area contributed by atoms with Crippen LogP contribution in [0.3, 0.4) is 0 Å². The van der Waals surface area contributed by atoms with E-state index in [4.69, 9.17) is 4.74 Å². The van der Waals surface area contributed by atoms with Crippen molar-refractivity contribution >= 4 is 45.1 Å². The Balaban J connectivity index is 1.41. The summed E-state index contributed by atoms with van der Waals surface area (Å²) in [6.45, 7) is 1.21. The standard InChI is InChI=1S/C25H24N6O4S/c1-30-21(22(32)23(33)28-25-26-9-11-36-25)19-17(29-30)13-18(35-2)20(27-19)24(34)31-10-8-16(14-31)12-15-6-4-3-5-7-15/h3-7,9,11,13,16H,8,10,12,14H2,1-2H3,(H,26,28,33). The molecule has 1 aliphatic rings. The molecule has 1 unspecified atom stereocenters. The first-order chi connectivity index (χ1) is 17.4. The molecule has 184 valence electrons. The van der Waals surface area contributed by atoms with Gasteiger partial charge in [-0.05, 0) is 24.3 Å². The maximum Gasteiger partial charge on any atom is 0.300 e. The fraction of sp³-hybridized carbons (Fsp3) is 0.280. The lowest BCUT2D eigenvalue weighted by atomic mass is 9.99. The van der Waals surface area contributed by atoms with Gasteiger partial charge in [-0.25, -0.2) is 9.97 Å². The predicted molar refractivity (Wildman–Crippen MR) is 134 cm³/mol. The summed E-state index contributed by atoms with van der Waals surface area (Å²) in [5.41, 5.74) is 1.83. The quantitative estimate of drug-likeness (QED) is 0.304. The van der Waals surface area contributed by atoms with Crippen molar-refractivity contribution in [1.82, 2.24) is 24.6 Å². The number of Topliss-reactive ketones (excluding diaryl/α,β-unsaturated/α-hetero) is 1. The largest absolute Gasteiger partial charge is 0.494 e. The molecule has 4 heterocycles. The van der Waals surface area contributed by atoms with E-state index in [9.17, 15) is 14.4 Å². The second kappa shape index (κ2) is 9.86. The van der Waals surface area contributed by atoms with E-state index < -0.39 is 11.7 Å². The van der Waals surface area contributed by atoms with E-state index in [1.165, 1.54) is 34.9 Å². The third kappa shape index (κ3) is 4.57. The van der Waals surface area contributed by atoms with Crippen LogP contribution in [0, 0.1) is 5.92 Å². The Hall–Kier alpha value is -4.12. The molecule has 1 aromatic carbocycles. The summed E-state index contributed by atoms with van der Waals surface area (Å²) in [7, 11) is 3.01. The number of ketones is 1. The first-order valence-corrected chi connectivity index (χ1v) is 12.3. The van der Waals surface area contributed by atoms with E-state index in [2.05, 4.69) is 32.5 Å². The molecule has 2 amide bonds. The molecule has 1 N–H and O–H groups in total. The summed E-state index contributed by atoms with van der Waals surface area (Å²) in [5, 5.41) is 8.79. The van der Waals surface area contributed by atoms with Gasteiger partial charge in [0.05, 0.1) is 7.11 Å². The molecule has 0 radical (unpaired) electrons. The Kier molecular flexibility index (Phi) is 6.47. The number of methoxy groups -OCH3 is 1. The summed E-state index contributed by atoms with van der Waals surface area (Å²) in [4.78, 5) is 49.3. The highest BCUT2D eigenvalue weighted by Gasteiger charge is 2.32. The van der Waals surface area contributed by atoms with Crippen LogP contribution in [0.2, 0.25) is 0 Å². The topological polar surface area (TPSA) is 119 Å². The highest BCUT2D eigenvalue weighted by molar-refractivity contribution is 7.13. The van der Waals surface area contributed by atoms with Crippen LogP contribution in [0.25, 0.3) is 11.0 Å². The van der Waals surface area contributed by atoms with Crippen LogP contribution < -0.4 is 10.1 Å². The second-order valence-electron chi connectivity index (χ2n) is 8.60. The van der Waals surface area contributed by atoms with E-state index in [-0.39, 0.29) is 28.6 Å². The number of aromatic nitrogens is 4. The second-order valence-corrected chi connectivity index (χ2v) is 9.49. The Morgan fingerprint density at radius 3 is 2.75 bits per heavy atom. The molecule has 0 bridgehead atoms. The van der Waals surface area contributed by atoms with Crippen LogP contribution in [0.5, 0.6) is 5.75 Å². The summed E-state index contributed by atoms with van der Waals surface area (Å²) in [6, 6.07) is 11.8. The third-order valence-electron chi connectivity index (χ3n) is 6.21. The zero-order valence-electron chi connectivity index (χ0n) is 19.8. The number of carbonyl (C=O) groups excluding carboxylic acids is 3. The van der Waals surface area contributed by atoms with Gasteiger partial charge in [0.25, 0.3) is 17.6 Å². The number of carbonyl (C=O) groups is 3. The number of anilines is 1. The van der Waals surface area contributed by atoms with Crippen LogP contribution in [-0.4, -0.2) is 62.4 Å². The minimum atomic E-state index is -0.858. The van der Waals surface area contributed by atoms with Crippen LogP contribution in [0.15, 0.2) is 48.0 Å². The van der Waals surface area contributed by atoms with Gasteiger partial charge in [-0.2, -0.15) is 5.10 Å². The number of ether oxygens (including phenoxy) is 1. The number of hydrogen-bond donors (Lipinski definition) is 1. The summed E-state index contributed by atoms with van der Waals surface area (Å²) >= 11 is 1.20. The number of amides is 2. The molecule has 1 atom stereocenters. The van der Waals surface area contributed by atoms with Crippen molar-refractivity contribution in [2.24, 2.45) is 13.0 Å². The molecule has 0 saturated carbocycles. The minimum absolute atomic E-state index is 0.0147. The predicted octanol–water partition coefficient (Wildman–Crippen LogP) is 2.96. The number of nitrogens with zero attached hydrogens (tertiary/aromatic N) is 5. The monoisotopic (exact) mass is 504 g/mol. The average molecular weight is 505 g/mol. The maximum absolute atomic E-state index is 13.5. The number of thiazole rings is 1. The van der Waals surface area contributed by atoms with Gasteiger partial charge in [0, 0.05) is 37.8 Å². The summed E-state index contributed by atoms with van der Waals surface area (Å²) < 4.78 is 6.75. The maximum atomic E-state index is 13.5. The van der Waals surface area contributed by atoms with E-state index in [0.29, 0.717) is 29.7 Å². The number of pyridine rings is 1. The number of hydrogen-bond acceptors (Lipinski definition) is 8. The average Bonchev–Trinajstić information content (AvgIpc) is 3.63. The van der Waals surface area contributed by atoms with Gasteiger partial charge in [0.2, 0.25) is 0 Å². The highest BCUT2D eigenvalue weighted by Crippen LogP contribution is 2.29. The Bertz CT molecular complexity index is 1430. The number of nitrogens with one attached hydrogen (secondary N) is 1. The van der Waals surface area contributed by atoms with Gasteiger partial charge in [0.1, 0.15) is 16.7 Å². The third-order valence-corrected chi connectivity index (χ3v) is 6.90. The lowest BCUT2D eigenvalue weighted by molar-refractivity contribution is -0.112. The van der Waals surface area contributed by atoms with Crippen molar-refractivity contribution in [3.63, 3.8) is 0 Å². The van der Waals surface area contributed by atoms with Gasteiger partial charge in [0.15, 0.2) is 16.6 Å². The van der Waals surface area contributed by atoms with Gasteiger partial charge in [-0.3, -0.25) is 24.4 Å². The fourth-order valence-corrected chi connectivity index (χ4v) is 5.02. The molecule has 1 aliphatic heterocycles. The molecule has 10 nitrogen and oxygen atoms in total. The number of rotatable bonds is 7. The van der Waals surface area contributed by atoms with E-state index in [1.54, 1.807) is 23.4 Å². The van der Waals surface area contributed by atoms with Crippen molar-refractivity contribution in [2.45, 2.75) is 12.8 Å². The van der Waals surface area contributed by atoms with Crippen LogP contribution in [0.1, 0.15) is 33.0 Å². The van der Waals surface area contributed by atoms with E-state index >= 15 is 0 Å².